The summed E-state index contributed by atoms with van der Waals surface area (Å²) in [6.45, 7) is 5.07. The second-order valence-corrected chi connectivity index (χ2v) is 5.56. The van der Waals surface area contributed by atoms with Crippen molar-refractivity contribution in [1.82, 2.24) is 14.7 Å². The first-order chi connectivity index (χ1) is 10.1. The van der Waals surface area contributed by atoms with Gasteiger partial charge in [0.25, 0.3) is 5.91 Å². The van der Waals surface area contributed by atoms with E-state index in [4.69, 9.17) is 5.11 Å². The number of aromatic nitrogens is 2. The summed E-state index contributed by atoms with van der Waals surface area (Å²) in [5.74, 6) is -1.38. The fourth-order valence-electron chi connectivity index (χ4n) is 2.93. The summed E-state index contributed by atoms with van der Waals surface area (Å²) < 4.78 is 1.78. The number of carbonyl (C=O) groups excluding carboxylic acids is 1. The van der Waals surface area contributed by atoms with Gasteiger partial charge in [0, 0.05) is 19.3 Å². The van der Waals surface area contributed by atoms with Gasteiger partial charge in [0.2, 0.25) is 0 Å². The zero-order valence-electron chi connectivity index (χ0n) is 12.7. The van der Waals surface area contributed by atoms with Gasteiger partial charge in [-0.25, -0.2) is 0 Å². The van der Waals surface area contributed by atoms with Gasteiger partial charge < -0.3 is 10.0 Å². The minimum atomic E-state index is -0.819. The minimum Gasteiger partial charge on any atom is -0.481 e. The molecule has 1 amide bonds. The summed E-state index contributed by atoms with van der Waals surface area (Å²) in [7, 11) is 0. The van der Waals surface area contributed by atoms with Crippen molar-refractivity contribution in [3.05, 3.63) is 18.0 Å². The SMILES string of the molecule is CCC(CC)n1nccc1C(=O)N1CCC[C@H](C(=O)O)C1. The maximum absolute atomic E-state index is 12.7. The van der Waals surface area contributed by atoms with Crippen molar-refractivity contribution in [2.75, 3.05) is 13.1 Å². The number of carboxylic acids is 1. The highest BCUT2D eigenvalue weighted by Crippen LogP contribution is 2.21. The monoisotopic (exact) mass is 293 g/mol. The zero-order chi connectivity index (χ0) is 15.4. The molecule has 1 aromatic rings. The Hall–Kier alpha value is -1.85. The summed E-state index contributed by atoms with van der Waals surface area (Å²) >= 11 is 0. The lowest BCUT2D eigenvalue weighted by atomic mass is 9.98. The number of rotatable bonds is 5. The number of hydrogen-bond donors (Lipinski definition) is 1. The van der Waals surface area contributed by atoms with E-state index < -0.39 is 11.9 Å². The molecule has 1 aliphatic heterocycles. The molecule has 0 aromatic carbocycles. The first-order valence-electron chi connectivity index (χ1n) is 7.64. The van der Waals surface area contributed by atoms with Gasteiger partial charge in [-0.2, -0.15) is 5.10 Å². The highest BCUT2D eigenvalue weighted by atomic mass is 16.4. The number of piperidine rings is 1. The van der Waals surface area contributed by atoms with Crippen LogP contribution in [0.25, 0.3) is 0 Å². The van der Waals surface area contributed by atoms with Crippen LogP contribution < -0.4 is 0 Å². The van der Waals surface area contributed by atoms with Crippen molar-refractivity contribution >= 4 is 11.9 Å². The third-order valence-electron chi connectivity index (χ3n) is 4.24. The molecule has 1 N–H and O–H groups in total. The predicted molar refractivity (Wildman–Crippen MR) is 78.1 cm³/mol. The molecule has 0 spiro atoms. The molecule has 2 heterocycles. The van der Waals surface area contributed by atoms with E-state index in [2.05, 4.69) is 18.9 Å². The van der Waals surface area contributed by atoms with Gasteiger partial charge in [0.1, 0.15) is 5.69 Å². The molecule has 0 radical (unpaired) electrons. The third-order valence-corrected chi connectivity index (χ3v) is 4.24. The highest BCUT2D eigenvalue weighted by molar-refractivity contribution is 5.93. The van der Waals surface area contributed by atoms with Gasteiger partial charge in [-0.3, -0.25) is 14.3 Å². The van der Waals surface area contributed by atoms with Gasteiger partial charge >= 0.3 is 5.97 Å². The van der Waals surface area contributed by atoms with Crippen molar-refractivity contribution in [1.29, 1.82) is 0 Å². The quantitative estimate of drug-likeness (QED) is 0.903. The summed E-state index contributed by atoms with van der Waals surface area (Å²) in [4.78, 5) is 25.4. The lowest BCUT2D eigenvalue weighted by molar-refractivity contribution is -0.143. The number of hydrogen-bond acceptors (Lipinski definition) is 3. The lowest BCUT2D eigenvalue weighted by Crippen LogP contribution is -2.43. The van der Waals surface area contributed by atoms with Crippen molar-refractivity contribution < 1.29 is 14.7 Å². The summed E-state index contributed by atoms with van der Waals surface area (Å²) in [5, 5.41) is 13.4. The van der Waals surface area contributed by atoms with Gasteiger partial charge in [-0.05, 0) is 31.7 Å². The van der Waals surface area contributed by atoms with Crippen LogP contribution in [0.1, 0.15) is 56.1 Å². The Morgan fingerprint density at radius 3 is 2.76 bits per heavy atom. The molecule has 6 heteroatoms. The summed E-state index contributed by atoms with van der Waals surface area (Å²) in [6, 6.07) is 1.93. The maximum atomic E-state index is 12.7. The Labute approximate surface area is 124 Å². The van der Waals surface area contributed by atoms with E-state index in [1.807, 2.05) is 0 Å². The number of carboxylic acid groups (broad SMARTS) is 1. The van der Waals surface area contributed by atoms with Crippen LogP contribution in [0.4, 0.5) is 0 Å². The molecule has 2 rings (SSSR count). The standard InChI is InChI=1S/C15H23N3O3/c1-3-12(4-2)18-13(7-8-16-18)14(19)17-9-5-6-11(10-17)15(20)21/h7-8,11-12H,3-6,9-10H2,1-2H3,(H,20,21)/t11-/m0/s1. The molecule has 1 aromatic heterocycles. The molecule has 1 fully saturated rings. The average molecular weight is 293 g/mol. The Bertz CT molecular complexity index is 508. The van der Waals surface area contributed by atoms with E-state index in [1.165, 1.54) is 0 Å². The van der Waals surface area contributed by atoms with E-state index >= 15 is 0 Å². The second-order valence-electron chi connectivity index (χ2n) is 5.56. The highest BCUT2D eigenvalue weighted by Gasteiger charge is 2.30. The molecular formula is C15H23N3O3. The molecular weight excluding hydrogens is 270 g/mol. The van der Waals surface area contributed by atoms with Crippen molar-refractivity contribution in [2.24, 2.45) is 5.92 Å². The normalized spacial score (nSPS) is 19.0. The summed E-state index contributed by atoms with van der Waals surface area (Å²) in [6.07, 6.45) is 4.85. The molecule has 0 aliphatic carbocycles. The Kier molecular flexibility index (Phi) is 4.98. The van der Waals surface area contributed by atoms with Crippen LogP contribution in [-0.4, -0.2) is 44.8 Å². The molecule has 0 saturated carbocycles. The molecule has 0 unspecified atom stereocenters. The van der Waals surface area contributed by atoms with Gasteiger partial charge in [0.15, 0.2) is 0 Å². The first kappa shape index (κ1) is 15.5. The Morgan fingerprint density at radius 1 is 1.43 bits per heavy atom. The molecule has 116 valence electrons. The average Bonchev–Trinajstić information content (AvgIpc) is 2.97. The van der Waals surface area contributed by atoms with Gasteiger partial charge in [-0.1, -0.05) is 13.8 Å². The van der Waals surface area contributed by atoms with E-state index in [-0.39, 0.29) is 11.9 Å². The van der Waals surface area contributed by atoms with Crippen molar-refractivity contribution in [2.45, 2.75) is 45.6 Å². The number of likely N-dealkylation sites (tertiary alicyclic amines) is 1. The lowest BCUT2D eigenvalue weighted by Gasteiger charge is -2.31. The number of aliphatic carboxylic acids is 1. The third kappa shape index (κ3) is 3.25. The largest absolute Gasteiger partial charge is 0.481 e. The van der Waals surface area contributed by atoms with Crippen LogP contribution in [0, 0.1) is 5.92 Å². The Balaban J connectivity index is 2.17. The fourth-order valence-corrected chi connectivity index (χ4v) is 2.93. The minimum absolute atomic E-state index is 0.106. The summed E-state index contributed by atoms with van der Waals surface area (Å²) in [5.41, 5.74) is 0.565. The van der Waals surface area contributed by atoms with E-state index in [0.717, 1.165) is 19.3 Å². The number of carbonyl (C=O) groups is 2. The zero-order valence-corrected chi connectivity index (χ0v) is 12.7. The van der Waals surface area contributed by atoms with Crippen LogP contribution in [0.15, 0.2) is 12.3 Å². The van der Waals surface area contributed by atoms with E-state index in [1.54, 1.807) is 21.8 Å². The van der Waals surface area contributed by atoms with Crippen LogP contribution in [0.5, 0.6) is 0 Å². The topological polar surface area (TPSA) is 75.4 Å². The molecule has 0 bridgehead atoms. The molecule has 6 nitrogen and oxygen atoms in total. The molecule has 1 aliphatic rings. The van der Waals surface area contributed by atoms with Gasteiger partial charge in [-0.15, -0.1) is 0 Å². The maximum Gasteiger partial charge on any atom is 0.308 e. The molecule has 1 saturated heterocycles. The number of nitrogens with zero attached hydrogens (tertiary/aromatic N) is 3. The van der Waals surface area contributed by atoms with Crippen LogP contribution >= 0.6 is 0 Å². The molecule has 1 atom stereocenters. The number of amides is 1. The predicted octanol–water partition coefficient (Wildman–Crippen LogP) is 2.18. The van der Waals surface area contributed by atoms with Crippen LogP contribution in [0.3, 0.4) is 0 Å². The molecule has 21 heavy (non-hydrogen) atoms. The fraction of sp³-hybridized carbons (Fsp3) is 0.667. The second kappa shape index (κ2) is 6.74. The first-order valence-corrected chi connectivity index (χ1v) is 7.64. The Morgan fingerprint density at radius 2 is 2.14 bits per heavy atom. The van der Waals surface area contributed by atoms with Crippen molar-refractivity contribution in [3.63, 3.8) is 0 Å². The smallest absolute Gasteiger partial charge is 0.308 e. The van der Waals surface area contributed by atoms with Crippen LogP contribution in [0.2, 0.25) is 0 Å². The van der Waals surface area contributed by atoms with Crippen molar-refractivity contribution in [3.8, 4) is 0 Å². The van der Waals surface area contributed by atoms with E-state index in [9.17, 15) is 9.59 Å². The van der Waals surface area contributed by atoms with Crippen LogP contribution in [-0.2, 0) is 4.79 Å². The van der Waals surface area contributed by atoms with E-state index in [0.29, 0.717) is 25.2 Å². The van der Waals surface area contributed by atoms with Gasteiger partial charge in [0.05, 0.1) is 12.0 Å².